The number of nitrogens with zero attached hydrogens (tertiary/aromatic N) is 1. The van der Waals surface area contributed by atoms with Crippen LogP contribution in [0.4, 0.5) is 11.4 Å². The summed E-state index contributed by atoms with van der Waals surface area (Å²) < 4.78 is 10.6. The van der Waals surface area contributed by atoms with Gasteiger partial charge in [0.15, 0.2) is 12.7 Å². The van der Waals surface area contributed by atoms with Crippen LogP contribution < -0.4 is 10.1 Å². The van der Waals surface area contributed by atoms with Crippen LogP contribution in [0.25, 0.3) is 0 Å². The van der Waals surface area contributed by atoms with Gasteiger partial charge in [0.2, 0.25) is 0 Å². The summed E-state index contributed by atoms with van der Waals surface area (Å²) in [5.74, 6) is -0.797. The van der Waals surface area contributed by atoms with E-state index in [1.807, 2.05) is 32.9 Å². The lowest BCUT2D eigenvalue weighted by Gasteiger charge is -2.15. The van der Waals surface area contributed by atoms with Gasteiger partial charge in [-0.25, -0.2) is 4.79 Å². The van der Waals surface area contributed by atoms with Crippen LogP contribution in [0.5, 0.6) is 5.75 Å². The van der Waals surface area contributed by atoms with Gasteiger partial charge in [0.25, 0.3) is 11.6 Å². The quantitative estimate of drug-likeness (QED) is 0.443. The first-order valence-electron chi connectivity index (χ1n) is 8.63. The van der Waals surface area contributed by atoms with E-state index in [4.69, 9.17) is 9.47 Å². The Morgan fingerprint density at radius 1 is 1.14 bits per heavy atom. The summed E-state index contributed by atoms with van der Waals surface area (Å²) in [6, 6.07) is 9.60. The molecule has 0 aromatic heterocycles. The number of nitro benzene ring substituents is 1. The Morgan fingerprint density at radius 2 is 1.75 bits per heavy atom. The van der Waals surface area contributed by atoms with E-state index in [-0.39, 0.29) is 18.0 Å². The van der Waals surface area contributed by atoms with E-state index >= 15 is 0 Å². The van der Waals surface area contributed by atoms with Gasteiger partial charge in [-0.1, -0.05) is 29.8 Å². The standard InChI is InChI=1S/C20H22N2O6/c1-12-9-13(2)19(14(3)10-12)27-11-18(23)28-15(4)20(24)21-16-7-5-6-8-17(16)22(25)26/h5-10,15H,11H2,1-4H3,(H,21,24)/t15-/m0/s1. The van der Waals surface area contributed by atoms with E-state index in [1.165, 1.54) is 25.1 Å². The van der Waals surface area contributed by atoms with Crippen LogP contribution in [0, 0.1) is 30.9 Å². The molecule has 1 amide bonds. The van der Waals surface area contributed by atoms with Gasteiger partial charge in [-0.05, 0) is 44.9 Å². The fraction of sp³-hybridized carbons (Fsp3) is 0.300. The number of carbonyl (C=O) groups excluding carboxylic acids is 2. The molecule has 0 aliphatic rings. The molecule has 0 aliphatic carbocycles. The molecule has 0 unspecified atom stereocenters. The van der Waals surface area contributed by atoms with Crippen LogP contribution in [0.1, 0.15) is 23.6 Å². The highest BCUT2D eigenvalue weighted by Gasteiger charge is 2.22. The van der Waals surface area contributed by atoms with Gasteiger partial charge >= 0.3 is 5.97 Å². The number of anilines is 1. The smallest absolute Gasteiger partial charge is 0.344 e. The van der Waals surface area contributed by atoms with Crippen molar-refractivity contribution in [1.29, 1.82) is 0 Å². The number of amides is 1. The minimum Gasteiger partial charge on any atom is -0.481 e. The fourth-order valence-electron chi connectivity index (χ4n) is 2.78. The molecule has 0 radical (unpaired) electrons. The fourth-order valence-corrected chi connectivity index (χ4v) is 2.78. The number of esters is 1. The summed E-state index contributed by atoms with van der Waals surface area (Å²) in [6.45, 7) is 6.75. The SMILES string of the molecule is Cc1cc(C)c(OCC(=O)O[C@@H](C)C(=O)Nc2ccccc2[N+](=O)[O-])c(C)c1. The molecule has 28 heavy (non-hydrogen) atoms. The number of nitrogens with one attached hydrogen (secondary N) is 1. The summed E-state index contributed by atoms with van der Waals surface area (Å²) in [4.78, 5) is 34.6. The van der Waals surface area contributed by atoms with Crippen LogP contribution >= 0.6 is 0 Å². The Morgan fingerprint density at radius 3 is 2.36 bits per heavy atom. The predicted molar refractivity (Wildman–Crippen MR) is 103 cm³/mol. The first-order chi connectivity index (χ1) is 13.2. The van der Waals surface area contributed by atoms with Crippen LogP contribution in [-0.2, 0) is 14.3 Å². The number of hydrogen-bond acceptors (Lipinski definition) is 6. The summed E-state index contributed by atoms with van der Waals surface area (Å²) in [6.07, 6.45) is -1.14. The third kappa shape index (κ3) is 5.29. The molecular formula is C20H22N2O6. The van der Waals surface area contributed by atoms with Crippen molar-refractivity contribution in [3.63, 3.8) is 0 Å². The van der Waals surface area contributed by atoms with Gasteiger partial charge in [0.1, 0.15) is 11.4 Å². The van der Waals surface area contributed by atoms with E-state index in [0.717, 1.165) is 16.7 Å². The molecule has 2 aromatic rings. The molecule has 2 rings (SSSR count). The first kappa shape index (κ1) is 20.9. The summed E-state index contributed by atoms with van der Waals surface area (Å²) in [7, 11) is 0. The number of carbonyl (C=O) groups is 2. The van der Waals surface area contributed by atoms with Gasteiger partial charge in [-0.2, -0.15) is 0 Å². The maximum absolute atomic E-state index is 12.2. The minimum absolute atomic E-state index is 0.0301. The van der Waals surface area contributed by atoms with Gasteiger partial charge in [-0.15, -0.1) is 0 Å². The number of benzene rings is 2. The van der Waals surface area contributed by atoms with Crippen LogP contribution in [0.2, 0.25) is 0 Å². The Kier molecular flexibility index (Phi) is 6.70. The Hall–Kier alpha value is -3.42. The maximum Gasteiger partial charge on any atom is 0.344 e. The highest BCUT2D eigenvalue weighted by atomic mass is 16.6. The predicted octanol–water partition coefficient (Wildman–Crippen LogP) is 3.47. The highest BCUT2D eigenvalue weighted by molar-refractivity contribution is 5.96. The van der Waals surface area contributed by atoms with Crippen molar-refractivity contribution in [2.75, 3.05) is 11.9 Å². The van der Waals surface area contributed by atoms with Crippen molar-refractivity contribution < 1.29 is 24.0 Å². The molecule has 8 heteroatoms. The summed E-state index contributed by atoms with van der Waals surface area (Å²) in [5.41, 5.74) is 2.66. The molecule has 0 saturated carbocycles. The molecule has 2 aromatic carbocycles. The van der Waals surface area contributed by atoms with E-state index in [0.29, 0.717) is 5.75 Å². The van der Waals surface area contributed by atoms with Crippen molar-refractivity contribution in [2.45, 2.75) is 33.8 Å². The number of aryl methyl sites for hydroxylation is 3. The number of rotatable bonds is 7. The van der Waals surface area contributed by atoms with Crippen molar-refractivity contribution in [3.05, 3.63) is 63.2 Å². The van der Waals surface area contributed by atoms with E-state index in [2.05, 4.69) is 5.32 Å². The maximum atomic E-state index is 12.2. The normalized spacial score (nSPS) is 11.4. The lowest BCUT2D eigenvalue weighted by molar-refractivity contribution is -0.383. The monoisotopic (exact) mass is 386 g/mol. The van der Waals surface area contributed by atoms with E-state index < -0.39 is 22.9 Å². The zero-order chi connectivity index (χ0) is 20.8. The number of para-hydroxylation sites is 2. The van der Waals surface area contributed by atoms with Gasteiger partial charge in [0.05, 0.1) is 4.92 Å². The minimum atomic E-state index is -1.14. The van der Waals surface area contributed by atoms with Crippen LogP contribution in [0.3, 0.4) is 0 Å². The molecule has 0 aliphatic heterocycles. The summed E-state index contributed by atoms with van der Waals surface area (Å²) >= 11 is 0. The lowest BCUT2D eigenvalue weighted by Crippen LogP contribution is -2.32. The molecule has 0 heterocycles. The Labute approximate surface area is 162 Å². The zero-order valence-corrected chi connectivity index (χ0v) is 16.1. The summed E-state index contributed by atoms with van der Waals surface area (Å²) in [5, 5.41) is 13.4. The molecule has 0 saturated heterocycles. The van der Waals surface area contributed by atoms with Crippen molar-refractivity contribution in [3.8, 4) is 5.75 Å². The molecule has 1 atom stereocenters. The second-order valence-corrected chi connectivity index (χ2v) is 6.41. The average molecular weight is 386 g/mol. The van der Waals surface area contributed by atoms with E-state index in [1.54, 1.807) is 6.07 Å². The topological polar surface area (TPSA) is 108 Å². The van der Waals surface area contributed by atoms with Crippen molar-refractivity contribution >= 4 is 23.3 Å². The largest absolute Gasteiger partial charge is 0.481 e. The van der Waals surface area contributed by atoms with Crippen molar-refractivity contribution in [1.82, 2.24) is 0 Å². The zero-order valence-electron chi connectivity index (χ0n) is 16.1. The molecule has 8 nitrogen and oxygen atoms in total. The van der Waals surface area contributed by atoms with Crippen LogP contribution in [-0.4, -0.2) is 29.5 Å². The molecule has 0 spiro atoms. The third-order valence-electron chi connectivity index (χ3n) is 3.98. The van der Waals surface area contributed by atoms with E-state index in [9.17, 15) is 19.7 Å². The molecule has 148 valence electrons. The lowest BCUT2D eigenvalue weighted by atomic mass is 10.1. The first-order valence-corrected chi connectivity index (χ1v) is 8.63. The third-order valence-corrected chi connectivity index (χ3v) is 3.98. The molecular weight excluding hydrogens is 364 g/mol. The van der Waals surface area contributed by atoms with Crippen LogP contribution in [0.15, 0.2) is 36.4 Å². The Balaban J connectivity index is 1.94. The molecule has 0 fully saturated rings. The van der Waals surface area contributed by atoms with Gasteiger partial charge in [-0.3, -0.25) is 14.9 Å². The second-order valence-electron chi connectivity index (χ2n) is 6.41. The highest BCUT2D eigenvalue weighted by Crippen LogP contribution is 2.25. The average Bonchev–Trinajstić information content (AvgIpc) is 2.60. The number of nitro groups is 1. The number of hydrogen-bond donors (Lipinski definition) is 1. The molecule has 1 N–H and O–H groups in total. The van der Waals surface area contributed by atoms with Gasteiger partial charge < -0.3 is 14.8 Å². The van der Waals surface area contributed by atoms with Gasteiger partial charge in [0, 0.05) is 6.07 Å². The Bertz CT molecular complexity index is 886. The molecule has 0 bridgehead atoms. The second kappa shape index (κ2) is 8.98. The van der Waals surface area contributed by atoms with Crippen molar-refractivity contribution in [2.24, 2.45) is 0 Å². The number of ether oxygens (including phenoxy) is 2.